The zero-order chi connectivity index (χ0) is 10.7. The Kier molecular flexibility index (Phi) is 2.70. The summed E-state index contributed by atoms with van der Waals surface area (Å²) in [6.45, 7) is 0. The number of benzene rings is 1. The Labute approximate surface area is 92.3 Å². The second-order valence-electron chi connectivity index (χ2n) is 3.10. The van der Waals surface area contributed by atoms with Crippen LogP contribution in [0.3, 0.4) is 0 Å². The summed E-state index contributed by atoms with van der Waals surface area (Å²) in [7, 11) is 0. The molecule has 0 saturated carbocycles. The Hall–Kier alpha value is -1.79. The van der Waals surface area contributed by atoms with Crippen LogP contribution < -0.4 is 0 Å². The van der Waals surface area contributed by atoms with Crippen molar-refractivity contribution in [2.75, 3.05) is 0 Å². The summed E-state index contributed by atoms with van der Waals surface area (Å²) >= 11 is 5.87. The Morgan fingerprint density at radius 2 is 2.33 bits per heavy atom. The first kappa shape index (κ1) is 9.75. The molecule has 0 amide bonds. The molecule has 0 radical (unpaired) electrons. The van der Waals surface area contributed by atoms with Gasteiger partial charge in [0.1, 0.15) is 5.82 Å². The highest BCUT2D eigenvalue weighted by molar-refractivity contribution is 6.30. The summed E-state index contributed by atoms with van der Waals surface area (Å²) in [6, 6.07) is 9.49. The van der Waals surface area contributed by atoms with Crippen LogP contribution in [0.15, 0.2) is 30.5 Å². The Morgan fingerprint density at radius 1 is 1.47 bits per heavy atom. The van der Waals surface area contributed by atoms with Gasteiger partial charge in [-0.05, 0) is 12.1 Å². The maximum atomic E-state index is 8.52. The number of nitriles is 1. The lowest BCUT2D eigenvalue weighted by molar-refractivity contribution is 1.16. The van der Waals surface area contributed by atoms with E-state index in [4.69, 9.17) is 16.9 Å². The molecular formula is C11H8ClN3. The highest BCUT2D eigenvalue weighted by atomic mass is 35.5. The van der Waals surface area contributed by atoms with Crippen molar-refractivity contribution in [1.82, 2.24) is 9.97 Å². The van der Waals surface area contributed by atoms with Crippen molar-refractivity contribution in [2.24, 2.45) is 0 Å². The molecule has 0 fully saturated rings. The van der Waals surface area contributed by atoms with Crippen molar-refractivity contribution < 1.29 is 0 Å². The Balaban J connectivity index is 2.34. The van der Waals surface area contributed by atoms with Crippen molar-refractivity contribution in [3.63, 3.8) is 0 Å². The molecule has 15 heavy (non-hydrogen) atoms. The second-order valence-corrected chi connectivity index (χ2v) is 3.54. The van der Waals surface area contributed by atoms with Crippen LogP contribution in [-0.2, 0) is 6.42 Å². The minimum absolute atomic E-state index is 0.341. The molecule has 1 heterocycles. The smallest absolute Gasteiger partial charge is 0.137 e. The molecule has 1 aromatic carbocycles. The minimum atomic E-state index is 0.341. The maximum Gasteiger partial charge on any atom is 0.137 e. The summed E-state index contributed by atoms with van der Waals surface area (Å²) in [5, 5.41) is 9.20. The number of imidazole rings is 1. The van der Waals surface area contributed by atoms with Crippen LogP contribution in [0.1, 0.15) is 5.69 Å². The lowest BCUT2D eigenvalue weighted by Crippen LogP contribution is -1.82. The van der Waals surface area contributed by atoms with E-state index in [1.54, 1.807) is 6.20 Å². The van der Waals surface area contributed by atoms with Gasteiger partial charge in [0.25, 0.3) is 0 Å². The number of nitrogens with zero attached hydrogens (tertiary/aromatic N) is 2. The van der Waals surface area contributed by atoms with Crippen LogP contribution >= 0.6 is 11.6 Å². The highest BCUT2D eigenvalue weighted by Gasteiger charge is 2.03. The average Bonchev–Trinajstić information content (AvgIpc) is 2.67. The predicted octanol–water partition coefficient (Wildman–Crippen LogP) is 2.80. The van der Waals surface area contributed by atoms with Gasteiger partial charge < -0.3 is 4.98 Å². The van der Waals surface area contributed by atoms with Crippen LogP contribution in [0, 0.1) is 11.3 Å². The number of halogens is 1. The molecule has 0 aliphatic carbocycles. The first-order chi connectivity index (χ1) is 7.29. The Morgan fingerprint density at radius 3 is 3.07 bits per heavy atom. The van der Waals surface area contributed by atoms with Gasteiger partial charge in [0.15, 0.2) is 0 Å². The maximum absolute atomic E-state index is 8.52. The lowest BCUT2D eigenvalue weighted by atomic mass is 10.2. The molecule has 1 N–H and O–H groups in total. The highest BCUT2D eigenvalue weighted by Crippen LogP contribution is 2.19. The van der Waals surface area contributed by atoms with Gasteiger partial charge in [-0.25, -0.2) is 4.98 Å². The molecule has 1 aromatic heterocycles. The lowest BCUT2D eigenvalue weighted by Gasteiger charge is -1.96. The molecule has 74 valence electrons. The fourth-order valence-electron chi connectivity index (χ4n) is 1.32. The molecule has 0 bridgehead atoms. The molecule has 0 atom stereocenters. The zero-order valence-corrected chi connectivity index (χ0v) is 8.62. The summed E-state index contributed by atoms with van der Waals surface area (Å²) in [5.74, 6) is 0.739. The molecule has 0 aliphatic rings. The van der Waals surface area contributed by atoms with Crippen LogP contribution in [-0.4, -0.2) is 9.97 Å². The van der Waals surface area contributed by atoms with E-state index in [-0.39, 0.29) is 0 Å². The molecular weight excluding hydrogens is 210 g/mol. The summed E-state index contributed by atoms with van der Waals surface area (Å²) in [5.41, 5.74) is 1.74. The normalized spacial score (nSPS) is 9.87. The molecule has 0 unspecified atom stereocenters. The van der Waals surface area contributed by atoms with E-state index in [1.165, 1.54) is 0 Å². The fraction of sp³-hybridized carbons (Fsp3) is 0.0909. The number of rotatable bonds is 2. The second kappa shape index (κ2) is 4.16. The summed E-state index contributed by atoms with van der Waals surface area (Å²) in [4.78, 5) is 7.25. The van der Waals surface area contributed by atoms with E-state index in [1.807, 2.05) is 24.3 Å². The van der Waals surface area contributed by atoms with Crippen molar-refractivity contribution in [3.8, 4) is 17.5 Å². The van der Waals surface area contributed by atoms with Gasteiger partial charge in [0.2, 0.25) is 0 Å². The molecule has 4 heteroatoms. The van der Waals surface area contributed by atoms with Crippen LogP contribution in [0.25, 0.3) is 11.4 Å². The van der Waals surface area contributed by atoms with Crippen LogP contribution in [0.2, 0.25) is 5.02 Å². The van der Waals surface area contributed by atoms with Crippen molar-refractivity contribution in [2.45, 2.75) is 6.42 Å². The van der Waals surface area contributed by atoms with Crippen molar-refractivity contribution >= 4 is 11.6 Å². The van der Waals surface area contributed by atoms with E-state index >= 15 is 0 Å². The number of aromatic amines is 1. The van der Waals surface area contributed by atoms with Gasteiger partial charge in [-0.3, -0.25) is 0 Å². The molecule has 0 saturated heterocycles. The SMILES string of the molecule is N#CCc1cnc(-c2cccc(Cl)c2)[nH]1. The van der Waals surface area contributed by atoms with Gasteiger partial charge in [-0.2, -0.15) is 5.26 Å². The molecule has 2 rings (SSSR count). The first-order valence-corrected chi connectivity index (χ1v) is 4.84. The predicted molar refractivity (Wildman–Crippen MR) is 58.4 cm³/mol. The summed E-state index contributed by atoms with van der Waals surface area (Å²) in [6.07, 6.45) is 2.01. The largest absolute Gasteiger partial charge is 0.341 e. The number of hydrogen-bond acceptors (Lipinski definition) is 2. The van der Waals surface area contributed by atoms with E-state index in [0.29, 0.717) is 11.4 Å². The zero-order valence-electron chi connectivity index (χ0n) is 7.87. The third kappa shape index (κ3) is 2.17. The molecule has 3 nitrogen and oxygen atoms in total. The third-order valence-corrected chi connectivity index (χ3v) is 2.23. The van der Waals surface area contributed by atoms with Gasteiger partial charge in [0.05, 0.1) is 12.5 Å². The average molecular weight is 218 g/mol. The minimum Gasteiger partial charge on any atom is -0.341 e. The van der Waals surface area contributed by atoms with Crippen LogP contribution in [0.5, 0.6) is 0 Å². The number of hydrogen-bond donors (Lipinski definition) is 1. The number of nitrogens with one attached hydrogen (secondary N) is 1. The van der Waals surface area contributed by atoms with Gasteiger partial charge in [0, 0.05) is 22.5 Å². The summed E-state index contributed by atoms with van der Waals surface area (Å²) < 4.78 is 0. The van der Waals surface area contributed by atoms with E-state index in [9.17, 15) is 0 Å². The van der Waals surface area contributed by atoms with E-state index < -0.39 is 0 Å². The van der Waals surface area contributed by atoms with Crippen molar-refractivity contribution in [3.05, 3.63) is 41.2 Å². The van der Waals surface area contributed by atoms with Crippen LogP contribution in [0.4, 0.5) is 0 Å². The van der Waals surface area contributed by atoms with E-state index in [0.717, 1.165) is 17.1 Å². The number of H-pyrrole nitrogens is 1. The third-order valence-electron chi connectivity index (χ3n) is 2.00. The topological polar surface area (TPSA) is 52.5 Å². The van der Waals surface area contributed by atoms with E-state index in [2.05, 4.69) is 16.0 Å². The first-order valence-electron chi connectivity index (χ1n) is 4.46. The van der Waals surface area contributed by atoms with Gasteiger partial charge in [-0.1, -0.05) is 23.7 Å². The fourth-order valence-corrected chi connectivity index (χ4v) is 1.51. The van der Waals surface area contributed by atoms with Crippen molar-refractivity contribution in [1.29, 1.82) is 5.26 Å². The standard InChI is InChI=1S/C11H8ClN3/c12-9-3-1-2-8(6-9)11-14-7-10(15-11)4-5-13/h1-3,6-7H,4H2,(H,14,15). The molecule has 0 spiro atoms. The molecule has 0 aliphatic heterocycles. The van der Waals surface area contributed by atoms with Gasteiger partial charge >= 0.3 is 0 Å². The van der Waals surface area contributed by atoms with Gasteiger partial charge in [-0.15, -0.1) is 0 Å². The quantitative estimate of drug-likeness (QED) is 0.841. The monoisotopic (exact) mass is 217 g/mol. The molecule has 2 aromatic rings. The Bertz CT molecular complexity index is 511. The number of aromatic nitrogens is 2.